The van der Waals surface area contributed by atoms with Crippen molar-refractivity contribution in [1.82, 2.24) is 10.2 Å². The molecule has 1 saturated heterocycles. The summed E-state index contributed by atoms with van der Waals surface area (Å²) in [4.78, 5) is 15.7. The number of nitrogens with one attached hydrogen (secondary N) is 1. The van der Waals surface area contributed by atoms with Crippen molar-refractivity contribution in [3.8, 4) is 17.2 Å². The lowest BCUT2D eigenvalue weighted by Crippen LogP contribution is -2.62. The topological polar surface area (TPSA) is 60.0 Å². The van der Waals surface area contributed by atoms with Crippen molar-refractivity contribution in [2.24, 2.45) is 0 Å². The molecule has 3 rings (SSSR count). The minimum absolute atomic E-state index is 0.0261. The minimum atomic E-state index is -0.0261. The predicted octanol–water partition coefficient (Wildman–Crippen LogP) is 4.02. The zero-order chi connectivity index (χ0) is 21.2. The van der Waals surface area contributed by atoms with E-state index in [4.69, 9.17) is 14.2 Å². The van der Waals surface area contributed by atoms with E-state index in [0.29, 0.717) is 36.0 Å². The number of nitrogens with zero attached hydrogens (tertiary/aromatic N) is 1. The van der Waals surface area contributed by atoms with Crippen LogP contribution >= 0.6 is 0 Å². The molecule has 29 heavy (non-hydrogen) atoms. The quantitative estimate of drug-likeness (QED) is 0.776. The molecule has 0 saturated carbocycles. The van der Waals surface area contributed by atoms with Gasteiger partial charge in [-0.05, 0) is 59.1 Å². The van der Waals surface area contributed by atoms with Crippen molar-refractivity contribution in [2.45, 2.75) is 77.4 Å². The summed E-state index contributed by atoms with van der Waals surface area (Å²) in [6, 6.07) is 3.77. The molecular weight excluding hydrogens is 368 g/mol. The zero-order valence-electron chi connectivity index (χ0n) is 18.8. The Morgan fingerprint density at radius 3 is 2.45 bits per heavy atom. The second-order valence-electron chi connectivity index (χ2n) is 9.51. The lowest BCUT2D eigenvalue weighted by molar-refractivity contribution is 0.0440. The molecule has 6 nitrogen and oxygen atoms in total. The van der Waals surface area contributed by atoms with E-state index in [1.165, 1.54) is 0 Å². The molecule has 1 amide bonds. The lowest BCUT2D eigenvalue weighted by atomic mass is 9.78. The standard InChI is InChI=1S/C23H36N2O4/c1-7-8-9-25(17-14-22(2,3)24-23(4,5)15-17)21(26)16-12-18(27-6)20-19(13-16)28-10-11-29-20/h12-13,17,24H,7-11,14-15H2,1-6H3. The fourth-order valence-electron chi connectivity index (χ4n) is 4.83. The highest BCUT2D eigenvalue weighted by Gasteiger charge is 2.41. The summed E-state index contributed by atoms with van der Waals surface area (Å²) >= 11 is 0. The second kappa shape index (κ2) is 8.42. The Morgan fingerprint density at radius 2 is 1.83 bits per heavy atom. The second-order valence-corrected chi connectivity index (χ2v) is 9.51. The van der Waals surface area contributed by atoms with E-state index >= 15 is 0 Å². The van der Waals surface area contributed by atoms with E-state index < -0.39 is 0 Å². The fourth-order valence-corrected chi connectivity index (χ4v) is 4.83. The van der Waals surface area contributed by atoms with Crippen LogP contribution in [0.1, 0.15) is 70.7 Å². The number of methoxy groups -OCH3 is 1. The number of rotatable bonds is 6. The van der Waals surface area contributed by atoms with Crippen LogP contribution in [0.3, 0.4) is 0 Å². The van der Waals surface area contributed by atoms with Crippen LogP contribution in [0.15, 0.2) is 12.1 Å². The van der Waals surface area contributed by atoms with Gasteiger partial charge in [0, 0.05) is 29.2 Å². The van der Waals surface area contributed by atoms with E-state index in [2.05, 4.69) is 44.8 Å². The third kappa shape index (κ3) is 4.97. The maximum Gasteiger partial charge on any atom is 0.254 e. The SMILES string of the molecule is CCCCN(C(=O)c1cc(OC)c2c(c1)OCCO2)C1CC(C)(C)NC(C)(C)C1. The number of carbonyl (C=O) groups excluding carboxylic acids is 1. The number of benzene rings is 1. The maximum absolute atomic E-state index is 13.7. The molecule has 1 fully saturated rings. The number of amides is 1. The molecule has 0 unspecified atom stereocenters. The van der Waals surface area contributed by atoms with Gasteiger partial charge in [0.1, 0.15) is 13.2 Å². The molecule has 2 aliphatic heterocycles. The summed E-state index contributed by atoms with van der Waals surface area (Å²) < 4.78 is 16.9. The van der Waals surface area contributed by atoms with Gasteiger partial charge in [-0.2, -0.15) is 0 Å². The molecule has 1 aromatic rings. The first-order chi connectivity index (χ1) is 13.7. The Labute approximate surface area is 174 Å². The largest absolute Gasteiger partial charge is 0.493 e. The first-order valence-corrected chi connectivity index (χ1v) is 10.7. The van der Waals surface area contributed by atoms with Gasteiger partial charge >= 0.3 is 0 Å². The monoisotopic (exact) mass is 404 g/mol. The van der Waals surface area contributed by atoms with Gasteiger partial charge in [0.25, 0.3) is 5.91 Å². The molecule has 0 aromatic heterocycles. The highest BCUT2D eigenvalue weighted by molar-refractivity contribution is 5.96. The molecule has 0 aliphatic carbocycles. The average molecular weight is 405 g/mol. The molecule has 0 bridgehead atoms. The van der Waals surface area contributed by atoms with E-state index in [-0.39, 0.29) is 23.0 Å². The molecule has 0 radical (unpaired) electrons. The molecule has 2 heterocycles. The molecular formula is C23H36N2O4. The summed E-state index contributed by atoms with van der Waals surface area (Å²) in [6.45, 7) is 12.7. The number of hydrogen-bond acceptors (Lipinski definition) is 5. The normalized spacial score (nSPS) is 20.2. The van der Waals surface area contributed by atoms with Crippen LogP contribution in [-0.2, 0) is 0 Å². The van der Waals surface area contributed by atoms with E-state index in [9.17, 15) is 4.79 Å². The van der Waals surface area contributed by atoms with Gasteiger partial charge in [-0.3, -0.25) is 4.79 Å². The van der Waals surface area contributed by atoms with Gasteiger partial charge in [0.15, 0.2) is 11.5 Å². The van der Waals surface area contributed by atoms with Crippen LogP contribution in [-0.4, -0.2) is 54.8 Å². The van der Waals surface area contributed by atoms with Gasteiger partial charge in [-0.1, -0.05) is 13.3 Å². The third-order valence-electron chi connectivity index (χ3n) is 5.70. The van der Waals surface area contributed by atoms with Crippen molar-refractivity contribution in [1.29, 1.82) is 0 Å². The lowest BCUT2D eigenvalue weighted by Gasteiger charge is -2.49. The highest BCUT2D eigenvalue weighted by Crippen LogP contribution is 2.41. The van der Waals surface area contributed by atoms with Crippen LogP contribution in [0.25, 0.3) is 0 Å². The van der Waals surface area contributed by atoms with Crippen molar-refractivity contribution in [3.05, 3.63) is 17.7 Å². The number of hydrogen-bond donors (Lipinski definition) is 1. The highest BCUT2D eigenvalue weighted by atomic mass is 16.6. The Morgan fingerprint density at radius 1 is 1.17 bits per heavy atom. The molecule has 0 atom stereocenters. The van der Waals surface area contributed by atoms with Crippen LogP contribution in [0.4, 0.5) is 0 Å². The van der Waals surface area contributed by atoms with Crippen molar-refractivity contribution in [3.63, 3.8) is 0 Å². The summed E-state index contributed by atoms with van der Waals surface area (Å²) in [7, 11) is 1.59. The molecule has 1 N–H and O–H groups in total. The van der Waals surface area contributed by atoms with Crippen LogP contribution < -0.4 is 19.5 Å². The maximum atomic E-state index is 13.7. The summed E-state index contributed by atoms with van der Waals surface area (Å²) in [5, 5.41) is 3.72. The van der Waals surface area contributed by atoms with Gasteiger partial charge in [0.2, 0.25) is 5.75 Å². The number of piperidine rings is 1. The number of ether oxygens (including phenoxy) is 3. The molecule has 162 valence electrons. The molecule has 2 aliphatic rings. The number of fused-ring (bicyclic) bond motifs is 1. The first-order valence-electron chi connectivity index (χ1n) is 10.7. The first kappa shape index (κ1) is 21.8. The van der Waals surface area contributed by atoms with Crippen molar-refractivity contribution >= 4 is 5.91 Å². The number of unbranched alkanes of at least 4 members (excludes halogenated alkanes) is 1. The van der Waals surface area contributed by atoms with E-state index in [0.717, 1.165) is 32.2 Å². The Kier molecular flexibility index (Phi) is 6.32. The van der Waals surface area contributed by atoms with Gasteiger partial charge < -0.3 is 24.4 Å². The number of carbonyl (C=O) groups is 1. The molecule has 1 aromatic carbocycles. The van der Waals surface area contributed by atoms with E-state index in [1.54, 1.807) is 19.2 Å². The van der Waals surface area contributed by atoms with E-state index in [1.807, 2.05) is 0 Å². The van der Waals surface area contributed by atoms with Crippen LogP contribution in [0, 0.1) is 0 Å². The predicted molar refractivity (Wildman–Crippen MR) is 114 cm³/mol. The van der Waals surface area contributed by atoms with Gasteiger partial charge in [-0.25, -0.2) is 0 Å². The third-order valence-corrected chi connectivity index (χ3v) is 5.70. The molecule has 0 spiro atoms. The summed E-state index contributed by atoms with van der Waals surface area (Å²) in [5.41, 5.74) is 0.542. The summed E-state index contributed by atoms with van der Waals surface area (Å²) in [6.07, 6.45) is 3.88. The minimum Gasteiger partial charge on any atom is -0.493 e. The van der Waals surface area contributed by atoms with Gasteiger partial charge in [-0.15, -0.1) is 0 Å². The smallest absolute Gasteiger partial charge is 0.254 e. The zero-order valence-corrected chi connectivity index (χ0v) is 18.8. The Bertz CT molecular complexity index is 711. The Balaban J connectivity index is 1.94. The fraction of sp³-hybridized carbons (Fsp3) is 0.696. The van der Waals surface area contributed by atoms with Gasteiger partial charge in [0.05, 0.1) is 7.11 Å². The Hall–Kier alpha value is -1.95. The van der Waals surface area contributed by atoms with Crippen LogP contribution in [0.5, 0.6) is 17.2 Å². The average Bonchev–Trinajstić information content (AvgIpc) is 2.64. The molecule has 6 heteroatoms. The van der Waals surface area contributed by atoms with Crippen molar-refractivity contribution < 1.29 is 19.0 Å². The van der Waals surface area contributed by atoms with Crippen molar-refractivity contribution in [2.75, 3.05) is 26.9 Å². The van der Waals surface area contributed by atoms with Crippen LogP contribution in [0.2, 0.25) is 0 Å². The summed E-state index contributed by atoms with van der Waals surface area (Å²) in [5.74, 6) is 1.75.